The maximum atomic E-state index is 11.4. The number of amides is 1. The van der Waals surface area contributed by atoms with Gasteiger partial charge in [-0.15, -0.1) is 11.8 Å². The molecule has 1 aromatic rings. The molecule has 1 unspecified atom stereocenters. The van der Waals surface area contributed by atoms with Crippen LogP contribution in [-0.2, 0) is 4.79 Å². The van der Waals surface area contributed by atoms with Crippen molar-refractivity contribution in [2.75, 3.05) is 12.9 Å². The van der Waals surface area contributed by atoms with Crippen molar-refractivity contribution in [1.82, 2.24) is 5.32 Å². The molecule has 1 atom stereocenters. The van der Waals surface area contributed by atoms with E-state index in [2.05, 4.69) is 5.32 Å². The van der Waals surface area contributed by atoms with Crippen LogP contribution in [0.5, 0.6) is 5.75 Å². The van der Waals surface area contributed by atoms with Crippen molar-refractivity contribution in [2.24, 2.45) is 5.73 Å². The van der Waals surface area contributed by atoms with Crippen LogP contribution in [0.25, 0.3) is 0 Å². The molecule has 1 aromatic carbocycles. The van der Waals surface area contributed by atoms with E-state index in [9.17, 15) is 4.79 Å². The first-order valence-corrected chi connectivity index (χ1v) is 7.00. The highest BCUT2D eigenvalue weighted by molar-refractivity contribution is 7.99. The SMILES string of the molecule is COc1ccccc1SCC(NC1CC1)C(N)=O. The van der Waals surface area contributed by atoms with Gasteiger partial charge in [0.25, 0.3) is 0 Å². The standard InChI is InChI=1S/C13H18N2O2S/c1-17-11-4-2-3-5-12(11)18-8-10(13(14)16)15-9-6-7-9/h2-5,9-10,15H,6-8H2,1H3,(H2,14,16). The highest BCUT2D eigenvalue weighted by atomic mass is 32.2. The van der Waals surface area contributed by atoms with Crippen LogP contribution in [0.4, 0.5) is 0 Å². The van der Waals surface area contributed by atoms with Crippen LogP contribution >= 0.6 is 11.8 Å². The Balaban J connectivity index is 1.93. The Morgan fingerprint density at radius 2 is 2.28 bits per heavy atom. The number of carbonyl (C=O) groups excluding carboxylic acids is 1. The number of hydrogen-bond donors (Lipinski definition) is 2. The van der Waals surface area contributed by atoms with E-state index in [1.165, 1.54) is 0 Å². The van der Waals surface area contributed by atoms with Gasteiger partial charge in [-0.25, -0.2) is 0 Å². The Morgan fingerprint density at radius 1 is 1.56 bits per heavy atom. The molecule has 98 valence electrons. The van der Waals surface area contributed by atoms with E-state index in [0.29, 0.717) is 11.8 Å². The Labute approximate surface area is 111 Å². The molecule has 0 aliphatic heterocycles. The molecule has 1 amide bonds. The van der Waals surface area contributed by atoms with Gasteiger partial charge >= 0.3 is 0 Å². The molecule has 0 saturated heterocycles. The highest BCUT2D eigenvalue weighted by Crippen LogP contribution is 2.29. The Morgan fingerprint density at radius 3 is 2.89 bits per heavy atom. The molecule has 2 rings (SSSR count). The van der Waals surface area contributed by atoms with Crippen LogP contribution in [0.3, 0.4) is 0 Å². The molecule has 0 spiro atoms. The number of methoxy groups -OCH3 is 1. The summed E-state index contributed by atoms with van der Waals surface area (Å²) in [5.41, 5.74) is 5.40. The third-order valence-corrected chi connectivity index (χ3v) is 3.98. The van der Waals surface area contributed by atoms with Crippen LogP contribution in [0.15, 0.2) is 29.2 Å². The first-order valence-electron chi connectivity index (χ1n) is 6.02. The average molecular weight is 266 g/mol. The van der Waals surface area contributed by atoms with E-state index >= 15 is 0 Å². The van der Waals surface area contributed by atoms with Crippen LogP contribution in [-0.4, -0.2) is 30.9 Å². The fourth-order valence-corrected chi connectivity index (χ4v) is 2.73. The van der Waals surface area contributed by atoms with Gasteiger partial charge in [-0.05, 0) is 25.0 Å². The summed E-state index contributed by atoms with van der Waals surface area (Å²) in [6.07, 6.45) is 2.28. The smallest absolute Gasteiger partial charge is 0.235 e. The van der Waals surface area contributed by atoms with Crippen molar-refractivity contribution in [3.63, 3.8) is 0 Å². The minimum absolute atomic E-state index is 0.271. The van der Waals surface area contributed by atoms with Crippen molar-refractivity contribution < 1.29 is 9.53 Å². The van der Waals surface area contributed by atoms with E-state index in [1.807, 2.05) is 24.3 Å². The molecule has 1 fully saturated rings. The normalized spacial score (nSPS) is 16.3. The first kappa shape index (κ1) is 13.2. The molecule has 0 aromatic heterocycles. The molecule has 5 heteroatoms. The second-order valence-electron chi connectivity index (χ2n) is 4.36. The lowest BCUT2D eigenvalue weighted by Crippen LogP contribution is -2.44. The fourth-order valence-electron chi connectivity index (χ4n) is 1.66. The Kier molecular flexibility index (Phi) is 4.49. The van der Waals surface area contributed by atoms with Gasteiger partial charge in [-0.1, -0.05) is 12.1 Å². The minimum Gasteiger partial charge on any atom is -0.496 e. The van der Waals surface area contributed by atoms with E-state index < -0.39 is 0 Å². The summed E-state index contributed by atoms with van der Waals surface area (Å²) in [5.74, 6) is 1.17. The Hall–Kier alpha value is -1.20. The number of para-hydroxylation sites is 1. The average Bonchev–Trinajstić information content (AvgIpc) is 3.18. The second-order valence-corrected chi connectivity index (χ2v) is 5.42. The molecule has 0 radical (unpaired) electrons. The molecular formula is C13H18N2O2S. The van der Waals surface area contributed by atoms with Gasteiger partial charge in [0, 0.05) is 16.7 Å². The number of hydrogen-bond acceptors (Lipinski definition) is 4. The fraction of sp³-hybridized carbons (Fsp3) is 0.462. The van der Waals surface area contributed by atoms with Gasteiger partial charge in [0.05, 0.1) is 13.2 Å². The molecule has 3 N–H and O–H groups in total. The number of rotatable bonds is 7. The summed E-state index contributed by atoms with van der Waals surface area (Å²) in [7, 11) is 1.65. The van der Waals surface area contributed by atoms with Crippen molar-refractivity contribution in [3.8, 4) is 5.75 Å². The lowest BCUT2D eigenvalue weighted by molar-refractivity contribution is -0.119. The summed E-state index contributed by atoms with van der Waals surface area (Å²) < 4.78 is 5.27. The zero-order valence-electron chi connectivity index (χ0n) is 10.4. The van der Waals surface area contributed by atoms with Crippen LogP contribution in [0.2, 0.25) is 0 Å². The Bertz CT molecular complexity index is 421. The lowest BCUT2D eigenvalue weighted by Gasteiger charge is -2.15. The molecule has 1 saturated carbocycles. The summed E-state index contributed by atoms with van der Waals surface area (Å²) in [6, 6.07) is 7.98. The molecule has 18 heavy (non-hydrogen) atoms. The molecular weight excluding hydrogens is 248 g/mol. The van der Waals surface area contributed by atoms with Crippen molar-refractivity contribution in [1.29, 1.82) is 0 Å². The predicted molar refractivity (Wildman–Crippen MR) is 72.9 cm³/mol. The number of ether oxygens (including phenoxy) is 1. The third-order valence-electron chi connectivity index (χ3n) is 2.83. The van der Waals surface area contributed by atoms with Gasteiger partial charge in [-0.3, -0.25) is 4.79 Å². The minimum atomic E-state index is -0.288. The topological polar surface area (TPSA) is 64.3 Å². The number of nitrogens with two attached hydrogens (primary N) is 1. The second kappa shape index (κ2) is 6.11. The summed E-state index contributed by atoms with van der Waals surface area (Å²) in [5, 5.41) is 3.26. The van der Waals surface area contributed by atoms with Gasteiger partial charge in [0.1, 0.15) is 5.75 Å². The van der Waals surface area contributed by atoms with Crippen molar-refractivity contribution in [3.05, 3.63) is 24.3 Å². The zero-order valence-corrected chi connectivity index (χ0v) is 11.2. The third kappa shape index (κ3) is 3.65. The van der Waals surface area contributed by atoms with Gasteiger partial charge in [-0.2, -0.15) is 0 Å². The van der Waals surface area contributed by atoms with E-state index in [0.717, 1.165) is 23.5 Å². The predicted octanol–water partition coefficient (Wildman–Crippen LogP) is 1.39. The monoisotopic (exact) mass is 266 g/mol. The van der Waals surface area contributed by atoms with Crippen molar-refractivity contribution >= 4 is 17.7 Å². The zero-order chi connectivity index (χ0) is 13.0. The quantitative estimate of drug-likeness (QED) is 0.732. The first-order chi connectivity index (χ1) is 8.70. The van der Waals surface area contributed by atoms with Gasteiger partial charge in [0.2, 0.25) is 5.91 Å². The largest absolute Gasteiger partial charge is 0.496 e. The highest BCUT2D eigenvalue weighted by Gasteiger charge is 2.27. The van der Waals surface area contributed by atoms with Gasteiger partial charge in [0.15, 0.2) is 0 Å². The number of primary amides is 1. The number of thioether (sulfide) groups is 1. The van der Waals surface area contributed by atoms with E-state index in [-0.39, 0.29) is 11.9 Å². The van der Waals surface area contributed by atoms with Crippen molar-refractivity contribution in [2.45, 2.75) is 29.8 Å². The number of benzene rings is 1. The summed E-state index contributed by atoms with van der Waals surface area (Å²) in [4.78, 5) is 12.4. The molecule has 0 heterocycles. The maximum absolute atomic E-state index is 11.4. The van der Waals surface area contributed by atoms with Crippen LogP contribution in [0, 0.1) is 0 Å². The van der Waals surface area contributed by atoms with Crippen LogP contribution in [0.1, 0.15) is 12.8 Å². The van der Waals surface area contributed by atoms with E-state index in [1.54, 1.807) is 18.9 Å². The maximum Gasteiger partial charge on any atom is 0.235 e. The number of carbonyl (C=O) groups is 1. The van der Waals surface area contributed by atoms with Crippen LogP contribution < -0.4 is 15.8 Å². The lowest BCUT2D eigenvalue weighted by atomic mass is 10.3. The summed E-state index contributed by atoms with van der Waals surface area (Å²) in [6.45, 7) is 0. The molecule has 1 aliphatic rings. The van der Waals surface area contributed by atoms with E-state index in [4.69, 9.17) is 10.5 Å². The molecule has 0 bridgehead atoms. The molecule has 4 nitrogen and oxygen atoms in total. The molecule has 1 aliphatic carbocycles. The summed E-state index contributed by atoms with van der Waals surface area (Å²) >= 11 is 1.59. The number of nitrogens with one attached hydrogen (secondary N) is 1. The van der Waals surface area contributed by atoms with Gasteiger partial charge < -0.3 is 15.8 Å².